The van der Waals surface area contributed by atoms with Gasteiger partial charge in [0.1, 0.15) is 22.8 Å². The summed E-state index contributed by atoms with van der Waals surface area (Å²) in [7, 11) is 0. The molecule has 0 spiro atoms. The van der Waals surface area contributed by atoms with Crippen LogP contribution in [-0.2, 0) is 11.3 Å². The Hall–Kier alpha value is -3.19. The molecule has 0 atom stereocenters. The third kappa shape index (κ3) is 3.36. The number of rotatable bonds is 5. The van der Waals surface area contributed by atoms with E-state index in [4.69, 9.17) is 4.74 Å². The molecule has 7 heteroatoms. The Kier molecular flexibility index (Phi) is 4.83. The quantitative estimate of drug-likeness (QED) is 0.557. The fourth-order valence-electron chi connectivity index (χ4n) is 3.11. The SMILES string of the molecule is CCOc1ccc(NC(=O)Cn2c(C)nc3c(sc4ccccc43)c2=O)cc1. The molecular weight excluding hydrogens is 374 g/mol. The molecule has 1 N–H and O–H groups in total. The topological polar surface area (TPSA) is 73.2 Å². The van der Waals surface area contributed by atoms with E-state index in [1.54, 1.807) is 31.2 Å². The monoisotopic (exact) mass is 393 g/mol. The lowest BCUT2D eigenvalue weighted by Crippen LogP contribution is -2.29. The number of thiophene rings is 1. The molecule has 2 heterocycles. The molecule has 0 aliphatic carbocycles. The van der Waals surface area contributed by atoms with E-state index in [2.05, 4.69) is 10.3 Å². The zero-order valence-corrected chi connectivity index (χ0v) is 16.4. The van der Waals surface area contributed by atoms with Crippen molar-refractivity contribution in [2.24, 2.45) is 0 Å². The molecule has 28 heavy (non-hydrogen) atoms. The number of nitrogens with one attached hydrogen (secondary N) is 1. The summed E-state index contributed by atoms with van der Waals surface area (Å²) in [6, 6.07) is 14.9. The zero-order chi connectivity index (χ0) is 19.7. The van der Waals surface area contributed by atoms with E-state index in [0.29, 0.717) is 28.3 Å². The van der Waals surface area contributed by atoms with E-state index in [1.165, 1.54) is 15.9 Å². The van der Waals surface area contributed by atoms with Crippen molar-refractivity contribution in [3.63, 3.8) is 0 Å². The van der Waals surface area contributed by atoms with Gasteiger partial charge in [-0.2, -0.15) is 0 Å². The van der Waals surface area contributed by atoms with Crippen LogP contribution in [0.3, 0.4) is 0 Å². The molecule has 0 aliphatic heterocycles. The predicted octanol–water partition coefficient (Wildman–Crippen LogP) is 3.96. The first kappa shape index (κ1) is 18.2. The van der Waals surface area contributed by atoms with Gasteiger partial charge in [-0.15, -0.1) is 11.3 Å². The smallest absolute Gasteiger partial charge is 0.272 e. The first-order valence-corrected chi connectivity index (χ1v) is 9.80. The summed E-state index contributed by atoms with van der Waals surface area (Å²) in [5.41, 5.74) is 1.16. The normalized spacial score (nSPS) is 11.1. The van der Waals surface area contributed by atoms with Gasteiger partial charge in [0, 0.05) is 15.8 Å². The molecule has 0 saturated carbocycles. The standard InChI is InChI=1S/C21H19N3O3S/c1-3-27-15-10-8-14(9-11-15)23-18(25)12-24-13(2)22-19-16-6-4-5-7-17(16)28-20(19)21(24)26/h4-11H,3,12H2,1-2H3,(H,23,25). The number of hydrogen-bond acceptors (Lipinski definition) is 5. The predicted molar refractivity (Wildman–Crippen MR) is 112 cm³/mol. The molecule has 0 bridgehead atoms. The Balaban J connectivity index is 1.61. The average Bonchev–Trinajstić information content (AvgIpc) is 3.06. The second-order valence-corrected chi connectivity index (χ2v) is 7.38. The minimum Gasteiger partial charge on any atom is -0.494 e. The van der Waals surface area contributed by atoms with E-state index < -0.39 is 0 Å². The van der Waals surface area contributed by atoms with Gasteiger partial charge in [-0.3, -0.25) is 14.2 Å². The fourth-order valence-corrected chi connectivity index (χ4v) is 4.20. The Morgan fingerprint density at radius 3 is 2.68 bits per heavy atom. The lowest BCUT2D eigenvalue weighted by Gasteiger charge is -2.10. The highest BCUT2D eigenvalue weighted by Crippen LogP contribution is 2.30. The molecule has 6 nitrogen and oxygen atoms in total. The summed E-state index contributed by atoms with van der Waals surface area (Å²) >= 11 is 1.41. The van der Waals surface area contributed by atoms with E-state index in [1.807, 2.05) is 31.2 Å². The highest BCUT2D eigenvalue weighted by atomic mass is 32.1. The third-order valence-corrected chi connectivity index (χ3v) is 5.57. The summed E-state index contributed by atoms with van der Waals surface area (Å²) in [6.45, 7) is 4.16. The van der Waals surface area contributed by atoms with Crippen molar-refractivity contribution in [2.45, 2.75) is 20.4 Å². The molecule has 0 saturated heterocycles. The number of aromatic nitrogens is 2. The maximum absolute atomic E-state index is 13.0. The van der Waals surface area contributed by atoms with Crippen molar-refractivity contribution in [3.8, 4) is 5.75 Å². The van der Waals surface area contributed by atoms with Gasteiger partial charge in [0.05, 0.1) is 12.1 Å². The number of anilines is 1. The van der Waals surface area contributed by atoms with Gasteiger partial charge in [0.2, 0.25) is 5.91 Å². The summed E-state index contributed by atoms with van der Waals surface area (Å²) in [5.74, 6) is 0.978. The Labute approximate surface area is 165 Å². The van der Waals surface area contributed by atoms with Crippen LogP contribution in [0.25, 0.3) is 20.3 Å². The first-order chi connectivity index (χ1) is 13.6. The van der Waals surface area contributed by atoms with Gasteiger partial charge in [-0.1, -0.05) is 18.2 Å². The fraction of sp³-hybridized carbons (Fsp3) is 0.190. The summed E-state index contributed by atoms with van der Waals surface area (Å²) in [4.78, 5) is 30.0. The number of ether oxygens (including phenoxy) is 1. The minimum absolute atomic E-state index is 0.0882. The Bertz CT molecular complexity index is 1230. The summed E-state index contributed by atoms with van der Waals surface area (Å²) in [5, 5.41) is 3.78. The van der Waals surface area contributed by atoms with Gasteiger partial charge in [0.25, 0.3) is 5.56 Å². The van der Waals surface area contributed by atoms with Crippen molar-refractivity contribution in [3.05, 3.63) is 64.7 Å². The lowest BCUT2D eigenvalue weighted by molar-refractivity contribution is -0.116. The van der Waals surface area contributed by atoms with E-state index >= 15 is 0 Å². The zero-order valence-electron chi connectivity index (χ0n) is 15.6. The van der Waals surface area contributed by atoms with Gasteiger partial charge in [-0.25, -0.2) is 4.98 Å². The summed E-state index contributed by atoms with van der Waals surface area (Å²) < 4.78 is 8.39. The molecular formula is C21H19N3O3S. The van der Waals surface area contributed by atoms with E-state index in [9.17, 15) is 9.59 Å². The summed E-state index contributed by atoms with van der Waals surface area (Å²) in [6.07, 6.45) is 0. The van der Waals surface area contributed by atoms with Crippen molar-refractivity contribution < 1.29 is 9.53 Å². The maximum Gasteiger partial charge on any atom is 0.272 e. The van der Waals surface area contributed by atoms with Crippen molar-refractivity contribution in [2.75, 3.05) is 11.9 Å². The van der Waals surface area contributed by atoms with Gasteiger partial charge in [0.15, 0.2) is 0 Å². The number of nitrogens with zero attached hydrogens (tertiary/aromatic N) is 2. The van der Waals surface area contributed by atoms with Crippen LogP contribution in [0.4, 0.5) is 5.69 Å². The van der Waals surface area contributed by atoms with Crippen molar-refractivity contribution >= 4 is 43.2 Å². The number of hydrogen-bond donors (Lipinski definition) is 1. The van der Waals surface area contributed by atoms with E-state index in [-0.39, 0.29) is 18.0 Å². The minimum atomic E-state index is -0.281. The van der Waals surface area contributed by atoms with Crippen LogP contribution in [-0.4, -0.2) is 22.1 Å². The van der Waals surface area contributed by atoms with Crippen LogP contribution in [0.5, 0.6) is 5.75 Å². The molecule has 142 valence electrons. The highest BCUT2D eigenvalue weighted by Gasteiger charge is 2.15. The largest absolute Gasteiger partial charge is 0.494 e. The van der Waals surface area contributed by atoms with Gasteiger partial charge >= 0.3 is 0 Å². The number of carbonyl (C=O) groups excluding carboxylic acids is 1. The van der Waals surface area contributed by atoms with Crippen molar-refractivity contribution in [1.82, 2.24) is 9.55 Å². The van der Waals surface area contributed by atoms with Crippen LogP contribution >= 0.6 is 11.3 Å². The van der Waals surface area contributed by atoms with E-state index in [0.717, 1.165) is 15.8 Å². The molecule has 2 aromatic heterocycles. The highest BCUT2D eigenvalue weighted by molar-refractivity contribution is 7.25. The van der Waals surface area contributed by atoms with Crippen LogP contribution in [0, 0.1) is 6.92 Å². The Morgan fingerprint density at radius 1 is 1.18 bits per heavy atom. The second-order valence-electron chi connectivity index (χ2n) is 6.33. The first-order valence-electron chi connectivity index (χ1n) is 8.98. The van der Waals surface area contributed by atoms with Crippen LogP contribution in [0.1, 0.15) is 12.7 Å². The van der Waals surface area contributed by atoms with Gasteiger partial charge in [-0.05, 0) is 44.2 Å². The molecule has 4 aromatic rings. The molecule has 2 aromatic carbocycles. The molecule has 0 unspecified atom stereocenters. The van der Waals surface area contributed by atoms with Gasteiger partial charge < -0.3 is 10.1 Å². The molecule has 0 aliphatic rings. The lowest BCUT2D eigenvalue weighted by atomic mass is 10.2. The molecule has 1 amide bonds. The third-order valence-electron chi connectivity index (χ3n) is 4.42. The number of carbonyl (C=O) groups is 1. The average molecular weight is 393 g/mol. The number of aryl methyl sites for hydroxylation is 1. The van der Waals surface area contributed by atoms with Crippen molar-refractivity contribution in [1.29, 1.82) is 0 Å². The van der Waals surface area contributed by atoms with Crippen LogP contribution < -0.4 is 15.6 Å². The molecule has 0 fully saturated rings. The second kappa shape index (κ2) is 7.44. The number of amides is 1. The Morgan fingerprint density at radius 2 is 1.93 bits per heavy atom. The number of fused-ring (bicyclic) bond motifs is 3. The number of benzene rings is 2. The maximum atomic E-state index is 13.0. The van der Waals surface area contributed by atoms with Crippen LogP contribution in [0.2, 0.25) is 0 Å². The molecule has 0 radical (unpaired) electrons. The van der Waals surface area contributed by atoms with Crippen LogP contribution in [0.15, 0.2) is 53.3 Å². The molecule has 4 rings (SSSR count).